The van der Waals surface area contributed by atoms with Crippen LogP contribution in [0.1, 0.15) is 5.56 Å². The second-order valence-electron chi connectivity index (χ2n) is 9.07. The molecule has 0 saturated carbocycles. The molecule has 0 spiro atoms. The Balaban J connectivity index is 1.57. The first kappa shape index (κ1) is 29.1. The fourth-order valence-electron chi connectivity index (χ4n) is 4.49. The molecule has 2 aromatic carbocycles. The molecule has 42 heavy (non-hydrogen) atoms. The molecule has 0 aliphatic heterocycles. The Morgan fingerprint density at radius 2 is 1.79 bits per heavy atom. The van der Waals surface area contributed by atoms with Crippen LogP contribution in [0.15, 0.2) is 61.6 Å². The van der Waals surface area contributed by atoms with E-state index in [0.29, 0.717) is 85.5 Å². The molecule has 1 N–H and O–H groups in total. The maximum atomic E-state index is 12.2. The summed E-state index contributed by atoms with van der Waals surface area (Å²) in [5, 5.41) is 4.59. The van der Waals surface area contributed by atoms with Crippen LogP contribution in [-0.2, 0) is 16.0 Å². The number of ether oxygens (including phenoxy) is 4. The Hall–Kier alpha value is -4.38. The summed E-state index contributed by atoms with van der Waals surface area (Å²) in [6.45, 7) is 4.42. The minimum Gasteiger partial charge on any atom is -0.495 e. The number of anilines is 2. The van der Waals surface area contributed by atoms with Crippen LogP contribution in [-0.4, -0.2) is 59.7 Å². The first-order valence-corrected chi connectivity index (χ1v) is 13.5. The normalized spacial score (nSPS) is 11.1. The molecule has 0 fully saturated rings. The van der Waals surface area contributed by atoms with E-state index in [1.807, 2.05) is 16.5 Å². The third kappa shape index (κ3) is 5.69. The third-order valence-corrected chi connectivity index (χ3v) is 7.27. The Labute approximate surface area is 251 Å². The number of benzene rings is 2. The van der Waals surface area contributed by atoms with Crippen LogP contribution in [0.5, 0.6) is 17.2 Å². The van der Waals surface area contributed by atoms with Crippen LogP contribution in [0.2, 0.25) is 10.0 Å². The van der Waals surface area contributed by atoms with Crippen LogP contribution in [0.3, 0.4) is 0 Å². The van der Waals surface area contributed by atoms with Crippen molar-refractivity contribution >= 4 is 57.3 Å². The number of pyridine rings is 1. The van der Waals surface area contributed by atoms with Gasteiger partial charge in [-0.1, -0.05) is 29.8 Å². The van der Waals surface area contributed by atoms with Crippen LogP contribution in [0.25, 0.3) is 27.8 Å². The van der Waals surface area contributed by atoms with E-state index in [1.54, 1.807) is 43.9 Å². The Bertz CT molecular complexity index is 1780. The van der Waals surface area contributed by atoms with Gasteiger partial charge in [-0.15, -0.1) is 0 Å². The van der Waals surface area contributed by atoms with Gasteiger partial charge in [-0.3, -0.25) is 9.20 Å². The predicted octanol–water partition coefficient (Wildman–Crippen LogP) is 6.33. The molecule has 12 heteroatoms. The Morgan fingerprint density at radius 1 is 1.02 bits per heavy atom. The fraction of sp³-hybridized carbons (Fsp3) is 0.200. The van der Waals surface area contributed by atoms with Gasteiger partial charge in [-0.2, -0.15) is 4.98 Å². The summed E-state index contributed by atoms with van der Waals surface area (Å²) in [5.74, 6) is 1.63. The van der Waals surface area contributed by atoms with Gasteiger partial charge < -0.3 is 24.3 Å². The smallest absolute Gasteiger partial charge is 0.229 e. The van der Waals surface area contributed by atoms with Crippen molar-refractivity contribution in [3.05, 3.63) is 77.2 Å². The van der Waals surface area contributed by atoms with E-state index in [0.717, 1.165) is 0 Å². The van der Waals surface area contributed by atoms with Crippen molar-refractivity contribution in [2.45, 2.75) is 6.42 Å². The predicted molar refractivity (Wildman–Crippen MR) is 163 cm³/mol. The lowest BCUT2D eigenvalue weighted by Gasteiger charge is -2.16. The molecule has 5 rings (SSSR count). The maximum absolute atomic E-state index is 12.2. The van der Waals surface area contributed by atoms with E-state index in [-0.39, 0.29) is 12.2 Å². The largest absolute Gasteiger partial charge is 0.495 e. The van der Waals surface area contributed by atoms with Gasteiger partial charge >= 0.3 is 0 Å². The van der Waals surface area contributed by atoms with Gasteiger partial charge in [-0.25, -0.2) is 9.97 Å². The number of nitrogens with zero attached hydrogens (tertiary/aromatic N) is 4. The van der Waals surface area contributed by atoms with E-state index in [4.69, 9.17) is 47.1 Å². The SMILES string of the molecule is C=CC(=O)Cc1cc(OCCOC)ccc1Nc1ncc2cc(-c3c(Cl)c(OC)cc(OC)c3Cl)c3nccn3c2n1. The van der Waals surface area contributed by atoms with Crippen molar-refractivity contribution < 1.29 is 23.7 Å². The molecule has 0 saturated heterocycles. The highest BCUT2D eigenvalue weighted by Gasteiger charge is 2.22. The molecule has 0 aliphatic carbocycles. The molecule has 0 unspecified atom stereocenters. The fourth-order valence-corrected chi connectivity index (χ4v) is 5.19. The van der Waals surface area contributed by atoms with E-state index >= 15 is 0 Å². The van der Waals surface area contributed by atoms with Gasteiger partial charge in [0.1, 0.15) is 29.5 Å². The van der Waals surface area contributed by atoms with E-state index < -0.39 is 0 Å². The van der Waals surface area contributed by atoms with Crippen molar-refractivity contribution in [1.82, 2.24) is 19.4 Å². The molecule has 3 heterocycles. The second kappa shape index (κ2) is 12.6. The molecular formula is C30H27Cl2N5O5. The lowest BCUT2D eigenvalue weighted by atomic mass is 10.0. The quantitative estimate of drug-likeness (QED) is 0.128. The zero-order chi connectivity index (χ0) is 29.8. The standard InChI is InChI=1S/C30H27Cl2N5O5/c1-5-19(38)12-17-13-20(42-11-10-39-2)6-7-22(17)35-30-34-16-18-14-21(29-33-8-9-37(29)28(18)36-30)25-26(31)23(40-3)15-24(41-4)27(25)32/h5-9,13-16H,1,10-12H2,2-4H3,(H,34,35,36). The van der Waals surface area contributed by atoms with Crippen LogP contribution in [0.4, 0.5) is 11.6 Å². The maximum Gasteiger partial charge on any atom is 0.229 e. The summed E-state index contributed by atoms with van der Waals surface area (Å²) < 4.78 is 23.5. The first-order valence-electron chi connectivity index (χ1n) is 12.8. The molecular weight excluding hydrogens is 581 g/mol. The minimum atomic E-state index is -0.134. The van der Waals surface area contributed by atoms with Crippen LogP contribution < -0.4 is 19.5 Å². The van der Waals surface area contributed by atoms with Gasteiger partial charge in [0.25, 0.3) is 0 Å². The molecule has 216 valence electrons. The number of halogens is 2. The summed E-state index contributed by atoms with van der Waals surface area (Å²) in [6.07, 6.45) is 6.55. The number of methoxy groups -OCH3 is 3. The number of ketones is 1. The van der Waals surface area contributed by atoms with Gasteiger partial charge in [0.2, 0.25) is 5.95 Å². The van der Waals surface area contributed by atoms with Crippen LogP contribution in [0, 0.1) is 0 Å². The van der Waals surface area contributed by atoms with Gasteiger partial charge in [0.05, 0.1) is 30.9 Å². The van der Waals surface area contributed by atoms with Crippen molar-refractivity contribution in [3.63, 3.8) is 0 Å². The lowest BCUT2D eigenvalue weighted by Crippen LogP contribution is -2.07. The summed E-state index contributed by atoms with van der Waals surface area (Å²) in [7, 11) is 4.65. The number of hydrogen-bond acceptors (Lipinski definition) is 9. The zero-order valence-electron chi connectivity index (χ0n) is 23.1. The number of nitrogens with one attached hydrogen (secondary N) is 1. The highest BCUT2D eigenvalue weighted by Crippen LogP contribution is 2.47. The number of imidazole rings is 1. The number of aromatic nitrogens is 4. The highest BCUT2D eigenvalue weighted by atomic mass is 35.5. The summed E-state index contributed by atoms with van der Waals surface area (Å²) >= 11 is 13.5. The lowest BCUT2D eigenvalue weighted by molar-refractivity contribution is -0.114. The topological polar surface area (TPSA) is 109 Å². The van der Waals surface area contributed by atoms with Crippen molar-refractivity contribution in [2.75, 3.05) is 39.9 Å². The average molecular weight is 608 g/mol. The summed E-state index contributed by atoms with van der Waals surface area (Å²) in [6, 6.07) is 8.92. The molecule has 0 amide bonds. The molecule has 0 aliphatic rings. The number of fused-ring (bicyclic) bond motifs is 3. The van der Waals surface area contributed by atoms with E-state index in [9.17, 15) is 4.79 Å². The summed E-state index contributed by atoms with van der Waals surface area (Å²) in [4.78, 5) is 26.1. The molecule has 0 atom stereocenters. The number of carbonyl (C=O) groups excluding carboxylic acids is 1. The first-order chi connectivity index (χ1) is 20.4. The Kier molecular flexibility index (Phi) is 8.77. The molecule has 0 bridgehead atoms. The van der Waals surface area contributed by atoms with Gasteiger partial charge in [0, 0.05) is 60.4 Å². The number of allylic oxidation sites excluding steroid dienone is 1. The number of hydrogen-bond donors (Lipinski definition) is 1. The third-order valence-electron chi connectivity index (χ3n) is 6.52. The molecule has 3 aromatic heterocycles. The van der Waals surface area contributed by atoms with Crippen molar-refractivity contribution in [3.8, 4) is 28.4 Å². The van der Waals surface area contributed by atoms with Crippen LogP contribution >= 0.6 is 23.2 Å². The van der Waals surface area contributed by atoms with Gasteiger partial charge in [0.15, 0.2) is 11.4 Å². The van der Waals surface area contributed by atoms with Crippen molar-refractivity contribution in [1.29, 1.82) is 0 Å². The van der Waals surface area contributed by atoms with Crippen molar-refractivity contribution in [2.24, 2.45) is 0 Å². The number of rotatable bonds is 12. The monoisotopic (exact) mass is 607 g/mol. The molecule has 5 aromatic rings. The average Bonchev–Trinajstić information content (AvgIpc) is 3.49. The summed E-state index contributed by atoms with van der Waals surface area (Å²) in [5.41, 5.74) is 3.69. The zero-order valence-corrected chi connectivity index (χ0v) is 24.6. The molecule has 10 nitrogen and oxygen atoms in total. The minimum absolute atomic E-state index is 0.127. The second-order valence-corrected chi connectivity index (χ2v) is 9.82. The molecule has 0 radical (unpaired) electrons. The Morgan fingerprint density at radius 3 is 2.48 bits per heavy atom. The number of carbonyl (C=O) groups is 1. The van der Waals surface area contributed by atoms with Gasteiger partial charge in [-0.05, 0) is 35.9 Å². The van der Waals surface area contributed by atoms with E-state index in [2.05, 4.69) is 21.9 Å². The highest BCUT2D eigenvalue weighted by molar-refractivity contribution is 6.41. The van der Waals surface area contributed by atoms with E-state index in [1.165, 1.54) is 20.3 Å².